The van der Waals surface area contributed by atoms with Crippen molar-refractivity contribution in [1.82, 2.24) is 20.2 Å². The molecule has 2 N–H and O–H groups in total. The van der Waals surface area contributed by atoms with Gasteiger partial charge in [0.1, 0.15) is 5.65 Å². The van der Waals surface area contributed by atoms with Crippen LogP contribution in [0.5, 0.6) is 0 Å². The molecule has 2 aromatic rings. The number of nitrogens with zero attached hydrogens (tertiary/aromatic N) is 2. The topological polar surface area (TPSA) is 44.0 Å². The Morgan fingerprint density at radius 2 is 1.91 bits per heavy atom. The largest absolute Gasteiger partial charge is 0.346 e. The van der Waals surface area contributed by atoms with Gasteiger partial charge in [0, 0.05) is 24.7 Å². The van der Waals surface area contributed by atoms with Gasteiger partial charge in [-0.05, 0) is 68.9 Å². The van der Waals surface area contributed by atoms with Crippen molar-refractivity contribution in [1.29, 1.82) is 0 Å². The molecule has 2 fully saturated rings. The summed E-state index contributed by atoms with van der Waals surface area (Å²) in [6, 6.07) is 6.44. The lowest BCUT2D eigenvalue weighted by Gasteiger charge is -2.45. The maximum Gasteiger partial charge on any atom is 0.137 e. The molecule has 0 radical (unpaired) electrons. The van der Waals surface area contributed by atoms with Crippen molar-refractivity contribution in [3.8, 4) is 0 Å². The average molecular weight is 357 g/mol. The normalized spacial score (nSPS) is 20.9. The zero-order valence-electron chi connectivity index (χ0n) is 13.4. The molecule has 0 saturated carbocycles. The molecule has 1 spiro atoms. The molecule has 4 rings (SSSR count). The van der Waals surface area contributed by atoms with Crippen molar-refractivity contribution in [2.45, 2.75) is 32.2 Å². The molecule has 128 valence electrons. The summed E-state index contributed by atoms with van der Waals surface area (Å²) in [6.45, 7) is 5.85. The van der Waals surface area contributed by atoms with E-state index < -0.39 is 0 Å². The Morgan fingerprint density at radius 3 is 2.74 bits per heavy atom. The Labute approximate surface area is 150 Å². The first kappa shape index (κ1) is 18.5. The summed E-state index contributed by atoms with van der Waals surface area (Å²) < 4.78 is 0. The Kier molecular flexibility index (Phi) is 6.32. The second-order valence-corrected chi connectivity index (χ2v) is 6.78. The van der Waals surface area contributed by atoms with Crippen LogP contribution in [0.4, 0.5) is 0 Å². The van der Waals surface area contributed by atoms with E-state index in [0.717, 1.165) is 12.2 Å². The van der Waals surface area contributed by atoms with Crippen molar-refractivity contribution in [2.24, 2.45) is 5.41 Å². The third kappa shape index (κ3) is 4.00. The fraction of sp³-hybridized carbons (Fsp3) is 0.588. The van der Waals surface area contributed by atoms with Crippen molar-refractivity contribution in [3.63, 3.8) is 0 Å². The van der Waals surface area contributed by atoms with Crippen LogP contribution < -0.4 is 5.32 Å². The Balaban J connectivity index is 0.000000960. The minimum absolute atomic E-state index is 0. The molecular formula is C17H26Cl2N4. The van der Waals surface area contributed by atoms with E-state index in [9.17, 15) is 0 Å². The Bertz CT molecular complexity index is 616. The van der Waals surface area contributed by atoms with E-state index >= 15 is 0 Å². The van der Waals surface area contributed by atoms with Crippen molar-refractivity contribution < 1.29 is 0 Å². The summed E-state index contributed by atoms with van der Waals surface area (Å²) in [5.41, 5.74) is 2.78. The Morgan fingerprint density at radius 1 is 1.09 bits per heavy atom. The maximum atomic E-state index is 4.75. The second-order valence-electron chi connectivity index (χ2n) is 6.78. The number of hydrogen-bond donors (Lipinski definition) is 2. The summed E-state index contributed by atoms with van der Waals surface area (Å²) >= 11 is 0. The first-order valence-electron chi connectivity index (χ1n) is 8.19. The van der Waals surface area contributed by atoms with E-state index in [1.54, 1.807) is 0 Å². The van der Waals surface area contributed by atoms with Gasteiger partial charge in [0.05, 0.1) is 5.69 Å². The summed E-state index contributed by atoms with van der Waals surface area (Å²) in [4.78, 5) is 10.6. The smallest absolute Gasteiger partial charge is 0.137 e. The third-order valence-electron chi connectivity index (χ3n) is 5.26. The average Bonchev–Trinajstić information content (AvgIpc) is 2.96. The number of nitrogens with one attached hydrogen (secondary N) is 2. The number of aromatic nitrogens is 2. The molecule has 2 aromatic heterocycles. The first-order chi connectivity index (χ1) is 10.3. The molecule has 2 saturated heterocycles. The maximum absolute atomic E-state index is 4.75. The van der Waals surface area contributed by atoms with Crippen LogP contribution in [0.2, 0.25) is 0 Å². The monoisotopic (exact) mass is 356 g/mol. The lowest BCUT2D eigenvalue weighted by atomic mass is 9.73. The summed E-state index contributed by atoms with van der Waals surface area (Å²) in [7, 11) is 0. The predicted octanol–water partition coefficient (Wildman–Crippen LogP) is 3.37. The molecule has 2 aliphatic heterocycles. The SMILES string of the molecule is Cl.Cl.c1cc2ccc(CN3CCCC4(CCNCC4)C3)nc2[nH]1. The van der Waals surface area contributed by atoms with Gasteiger partial charge in [0.15, 0.2) is 0 Å². The summed E-state index contributed by atoms with van der Waals surface area (Å²) in [5.74, 6) is 0. The zero-order valence-corrected chi connectivity index (χ0v) is 15.0. The number of piperidine rings is 2. The van der Waals surface area contributed by atoms with Gasteiger partial charge in [0.25, 0.3) is 0 Å². The lowest BCUT2D eigenvalue weighted by molar-refractivity contribution is 0.0545. The standard InChI is InChI=1S/C17H24N4.2ClH/c1-5-17(6-9-18-10-7-17)13-21(11-1)12-15-3-2-14-4-8-19-16(14)20-15;;/h2-4,8,18H,1,5-7,9-13H2,(H,19,20);2*1H. The lowest BCUT2D eigenvalue weighted by Crippen LogP contribution is -2.48. The number of halogens is 2. The highest BCUT2D eigenvalue weighted by Gasteiger charge is 2.36. The molecule has 0 unspecified atom stereocenters. The second kappa shape index (κ2) is 7.84. The van der Waals surface area contributed by atoms with E-state index in [2.05, 4.69) is 33.4 Å². The molecule has 0 aliphatic carbocycles. The summed E-state index contributed by atoms with van der Waals surface area (Å²) in [5, 5.41) is 4.70. The van der Waals surface area contributed by atoms with Gasteiger partial charge >= 0.3 is 0 Å². The van der Waals surface area contributed by atoms with Crippen LogP contribution >= 0.6 is 24.8 Å². The molecule has 0 aromatic carbocycles. The molecule has 0 bridgehead atoms. The minimum atomic E-state index is 0. The molecular weight excluding hydrogens is 331 g/mol. The van der Waals surface area contributed by atoms with Gasteiger partial charge in [-0.1, -0.05) is 0 Å². The van der Waals surface area contributed by atoms with E-state index in [0.29, 0.717) is 5.41 Å². The van der Waals surface area contributed by atoms with Gasteiger partial charge in [-0.3, -0.25) is 4.90 Å². The third-order valence-corrected chi connectivity index (χ3v) is 5.26. The summed E-state index contributed by atoms with van der Waals surface area (Å²) in [6.07, 6.45) is 7.39. The fourth-order valence-corrected chi connectivity index (χ4v) is 4.10. The van der Waals surface area contributed by atoms with Gasteiger partial charge in [-0.25, -0.2) is 4.98 Å². The highest BCUT2D eigenvalue weighted by molar-refractivity contribution is 5.85. The van der Waals surface area contributed by atoms with Crippen molar-refractivity contribution in [2.75, 3.05) is 26.2 Å². The Hall–Kier alpha value is -0.810. The molecule has 4 nitrogen and oxygen atoms in total. The van der Waals surface area contributed by atoms with Crippen LogP contribution in [0, 0.1) is 5.41 Å². The number of pyridine rings is 1. The molecule has 6 heteroatoms. The molecule has 2 aliphatic rings. The highest BCUT2D eigenvalue weighted by Crippen LogP contribution is 2.38. The molecule has 4 heterocycles. The van der Waals surface area contributed by atoms with Crippen LogP contribution in [0.25, 0.3) is 11.0 Å². The van der Waals surface area contributed by atoms with Crippen LogP contribution in [0.3, 0.4) is 0 Å². The first-order valence-corrected chi connectivity index (χ1v) is 8.19. The number of H-pyrrole nitrogens is 1. The van der Waals surface area contributed by atoms with Crippen molar-refractivity contribution >= 4 is 35.8 Å². The van der Waals surface area contributed by atoms with Crippen LogP contribution in [-0.4, -0.2) is 41.0 Å². The van der Waals surface area contributed by atoms with E-state index in [-0.39, 0.29) is 24.8 Å². The van der Waals surface area contributed by atoms with Gasteiger partial charge < -0.3 is 10.3 Å². The highest BCUT2D eigenvalue weighted by atomic mass is 35.5. The van der Waals surface area contributed by atoms with Gasteiger partial charge in [-0.15, -0.1) is 24.8 Å². The van der Waals surface area contributed by atoms with Crippen LogP contribution in [0.15, 0.2) is 24.4 Å². The molecule has 0 atom stereocenters. The molecule has 0 amide bonds. The molecule has 23 heavy (non-hydrogen) atoms. The quantitative estimate of drug-likeness (QED) is 0.866. The number of rotatable bonds is 2. The zero-order chi connectivity index (χ0) is 14.1. The number of fused-ring (bicyclic) bond motifs is 1. The predicted molar refractivity (Wildman–Crippen MR) is 99.6 cm³/mol. The van der Waals surface area contributed by atoms with E-state index in [4.69, 9.17) is 4.98 Å². The number of likely N-dealkylation sites (tertiary alicyclic amines) is 1. The van der Waals surface area contributed by atoms with Gasteiger partial charge in [0.2, 0.25) is 0 Å². The van der Waals surface area contributed by atoms with Crippen LogP contribution in [0.1, 0.15) is 31.4 Å². The van der Waals surface area contributed by atoms with Crippen LogP contribution in [-0.2, 0) is 6.54 Å². The van der Waals surface area contributed by atoms with Gasteiger partial charge in [-0.2, -0.15) is 0 Å². The minimum Gasteiger partial charge on any atom is -0.346 e. The fourth-order valence-electron chi connectivity index (χ4n) is 4.10. The number of hydrogen-bond acceptors (Lipinski definition) is 3. The number of aromatic amines is 1. The van der Waals surface area contributed by atoms with Crippen molar-refractivity contribution in [3.05, 3.63) is 30.1 Å². The van der Waals surface area contributed by atoms with E-state index in [1.165, 1.54) is 62.9 Å². The van der Waals surface area contributed by atoms with E-state index in [1.807, 2.05) is 6.20 Å².